The van der Waals surface area contributed by atoms with Gasteiger partial charge in [-0.15, -0.1) is 0 Å². The van der Waals surface area contributed by atoms with Gasteiger partial charge in [-0.05, 0) is 25.0 Å². The molecule has 0 aromatic heterocycles. The zero-order chi connectivity index (χ0) is 10.6. The lowest BCUT2D eigenvalue weighted by atomic mass is 10.0. The molecule has 1 aromatic rings. The van der Waals surface area contributed by atoms with Crippen LogP contribution >= 0.6 is 0 Å². The second kappa shape index (κ2) is 5.01. The minimum atomic E-state index is -0.407. The highest BCUT2D eigenvalue weighted by Crippen LogP contribution is 2.28. The minimum absolute atomic E-state index is 0.407. The van der Waals surface area contributed by atoms with Gasteiger partial charge < -0.3 is 9.84 Å². The van der Waals surface area contributed by atoms with Crippen molar-refractivity contribution in [2.24, 2.45) is 0 Å². The van der Waals surface area contributed by atoms with E-state index in [-0.39, 0.29) is 0 Å². The Hall–Kier alpha value is -1.02. The van der Waals surface area contributed by atoms with E-state index in [2.05, 4.69) is 6.92 Å². The number of methoxy groups -OCH3 is 1. The molecule has 0 spiro atoms. The minimum Gasteiger partial charge on any atom is -0.496 e. The van der Waals surface area contributed by atoms with Crippen molar-refractivity contribution < 1.29 is 9.84 Å². The molecule has 0 saturated heterocycles. The molecule has 0 fully saturated rings. The summed E-state index contributed by atoms with van der Waals surface area (Å²) >= 11 is 0. The Morgan fingerprint density at radius 2 is 2.14 bits per heavy atom. The van der Waals surface area contributed by atoms with Gasteiger partial charge in [-0.3, -0.25) is 0 Å². The summed E-state index contributed by atoms with van der Waals surface area (Å²) in [4.78, 5) is 0. The van der Waals surface area contributed by atoms with Crippen molar-refractivity contribution in [3.63, 3.8) is 0 Å². The molecule has 0 amide bonds. The number of benzene rings is 1. The van der Waals surface area contributed by atoms with Crippen molar-refractivity contribution in [2.45, 2.75) is 32.8 Å². The lowest BCUT2D eigenvalue weighted by Crippen LogP contribution is -2.00. The largest absolute Gasteiger partial charge is 0.496 e. The van der Waals surface area contributed by atoms with Gasteiger partial charge in [-0.2, -0.15) is 0 Å². The van der Waals surface area contributed by atoms with Gasteiger partial charge in [0.15, 0.2) is 0 Å². The third-order valence-electron chi connectivity index (χ3n) is 2.31. The fourth-order valence-electron chi connectivity index (χ4n) is 1.52. The summed E-state index contributed by atoms with van der Waals surface area (Å²) in [5.41, 5.74) is 2.04. The molecule has 1 atom stereocenters. The van der Waals surface area contributed by atoms with Crippen LogP contribution in [0.5, 0.6) is 5.75 Å². The Morgan fingerprint density at radius 1 is 1.43 bits per heavy atom. The Bertz CT molecular complexity index is 294. The molecular weight excluding hydrogens is 176 g/mol. The number of hydrogen-bond donors (Lipinski definition) is 1. The van der Waals surface area contributed by atoms with Crippen molar-refractivity contribution in [3.05, 3.63) is 29.3 Å². The van der Waals surface area contributed by atoms with E-state index in [1.54, 1.807) is 7.11 Å². The van der Waals surface area contributed by atoms with Gasteiger partial charge in [0.2, 0.25) is 0 Å². The fourth-order valence-corrected chi connectivity index (χ4v) is 1.52. The van der Waals surface area contributed by atoms with Crippen LogP contribution < -0.4 is 4.74 Å². The van der Waals surface area contributed by atoms with Gasteiger partial charge in [0.1, 0.15) is 5.75 Å². The van der Waals surface area contributed by atoms with Crippen LogP contribution in [-0.4, -0.2) is 12.2 Å². The third-order valence-corrected chi connectivity index (χ3v) is 2.31. The lowest BCUT2D eigenvalue weighted by molar-refractivity contribution is 0.162. The molecule has 1 N–H and O–H groups in total. The molecule has 0 aliphatic carbocycles. The quantitative estimate of drug-likeness (QED) is 0.798. The second-order valence-corrected chi connectivity index (χ2v) is 3.55. The number of hydrogen-bond acceptors (Lipinski definition) is 2. The van der Waals surface area contributed by atoms with Gasteiger partial charge in [0, 0.05) is 5.56 Å². The van der Waals surface area contributed by atoms with Crippen LogP contribution in [0.4, 0.5) is 0 Å². The summed E-state index contributed by atoms with van der Waals surface area (Å²) in [7, 11) is 1.64. The Kier molecular flexibility index (Phi) is 3.96. The van der Waals surface area contributed by atoms with E-state index in [0.717, 1.165) is 29.7 Å². The Labute approximate surface area is 85.5 Å². The number of aliphatic hydroxyl groups is 1. The molecular formula is C12H18O2. The van der Waals surface area contributed by atoms with E-state index in [4.69, 9.17) is 4.74 Å². The standard InChI is InChI=1S/C12H18O2/c1-4-5-11(13)10-7-6-9(2)8-12(10)14-3/h6-8,11,13H,4-5H2,1-3H3/t11-/m1/s1. The second-order valence-electron chi connectivity index (χ2n) is 3.55. The predicted octanol–water partition coefficient (Wildman–Crippen LogP) is 2.84. The van der Waals surface area contributed by atoms with Crippen LogP contribution in [0.2, 0.25) is 0 Å². The molecule has 0 bridgehead atoms. The average molecular weight is 194 g/mol. The summed E-state index contributed by atoms with van der Waals surface area (Å²) < 4.78 is 5.23. The highest BCUT2D eigenvalue weighted by molar-refractivity contribution is 5.38. The highest BCUT2D eigenvalue weighted by Gasteiger charge is 2.11. The van der Waals surface area contributed by atoms with Gasteiger partial charge in [-0.1, -0.05) is 25.5 Å². The number of aryl methyl sites for hydroxylation is 1. The summed E-state index contributed by atoms with van der Waals surface area (Å²) in [5.74, 6) is 0.783. The van der Waals surface area contributed by atoms with Crippen LogP contribution in [0.1, 0.15) is 37.0 Å². The van der Waals surface area contributed by atoms with Crippen molar-refractivity contribution in [1.29, 1.82) is 0 Å². The van der Waals surface area contributed by atoms with Crippen molar-refractivity contribution in [1.82, 2.24) is 0 Å². The summed E-state index contributed by atoms with van der Waals surface area (Å²) in [6.07, 6.45) is 1.34. The predicted molar refractivity (Wildman–Crippen MR) is 57.6 cm³/mol. The van der Waals surface area contributed by atoms with Crippen molar-refractivity contribution in [2.75, 3.05) is 7.11 Å². The molecule has 0 heterocycles. The van der Waals surface area contributed by atoms with Crippen LogP contribution in [0.3, 0.4) is 0 Å². The topological polar surface area (TPSA) is 29.5 Å². The maximum absolute atomic E-state index is 9.84. The summed E-state index contributed by atoms with van der Waals surface area (Å²) in [6, 6.07) is 5.89. The molecule has 1 aromatic carbocycles. The molecule has 78 valence electrons. The first kappa shape index (κ1) is 11.1. The lowest BCUT2D eigenvalue weighted by Gasteiger charge is -2.14. The van der Waals surface area contributed by atoms with Gasteiger partial charge >= 0.3 is 0 Å². The van der Waals surface area contributed by atoms with Crippen LogP contribution in [0, 0.1) is 6.92 Å². The first-order valence-corrected chi connectivity index (χ1v) is 5.01. The fraction of sp³-hybridized carbons (Fsp3) is 0.500. The number of aliphatic hydroxyl groups excluding tert-OH is 1. The van der Waals surface area contributed by atoms with E-state index in [9.17, 15) is 5.11 Å². The Morgan fingerprint density at radius 3 is 2.71 bits per heavy atom. The summed E-state index contributed by atoms with van der Waals surface area (Å²) in [5, 5.41) is 9.84. The normalized spacial score (nSPS) is 12.6. The maximum Gasteiger partial charge on any atom is 0.124 e. The molecule has 1 rings (SSSR count). The maximum atomic E-state index is 9.84. The van der Waals surface area contributed by atoms with Crippen molar-refractivity contribution >= 4 is 0 Å². The van der Waals surface area contributed by atoms with E-state index < -0.39 is 6.10 Å². The zero-order valence-electron chi connectivity index (χ0n) is 9.08. The van der Waals surface area contributed by atoms with Gasteiger partial charge in [0.05, 0.1) is 13.2 Å². The first-order chi connectivity index (χ1) is 6.69. The Balaban J connectivity index is 2.95. The molecule has 0 aliphatic rings. The van der Waals surface area contributed by atoms with Crippen molar-refractivity contribution in [3.8, 4) is 5.75 Å². The monoisotopic (exact) mass is 194 g/mol. The summed E-state index contributed by atoms with van der Waals surface area (Å²) in [6.45, 7) is 4.07. The molecule has 0 aliphatic heterocycles. The van der Waals surface area contributed by atoms with Crippen LogP contribution in [0.25, 0.3) is 0 Å². The highest BCUT2D eigenvalue weighted by atomic mass is 16.5. The molecule has 0 unspecified atom stereocenters. The molecule has 2 heteroatoms. The van der Waals surface area contributed by atoms with Crippen LogP contribution in [-0.2, 0) is 0 Å². The first-order valence-electron chi connectivity index (χ1n) is 5.01. The van der Waals surface area contributed by atoms with E-state index in [0.29, 0.717) is 0 Å². The molecule has 0 saturated carbocycles. The molecule has 0 radical (unpaired) electrons. The SMILES string of the molecule is CCC[C@@H](O)c1ccc(C)cc1OC. The van der Waals surface area contributed by atoms with Gasteiger partial charge in [-0.25, -0.2) is 0 Å². The molecule has 2 nitrogen and oxygen atoms in total. The average Bonchev–Trinajstić information content (AvgIpc) is 2.17. The number of ether oxygens (including phenoxy) is 1. The van der Waals surface area contributed by atoms with E-state index in [1.165, 1.54) is 0 Å². The number of rotatable bonds is 4. The smallest absolute Gasteiger partial charge is 0.124 e. The zero-order valence-corrected chi connectivity index (χ0v) is 9.08. The molecule has 14 heavy (non-hydrogen) atoms. The van der Waals surface area contributed by atoms with Crippen LogP contribution in [0.15, 0.2) is 18.2 Å². The third kappa shape index (κ3) is 2.48. The van der Waals surface area contributed by atoms with Gasteiger partial charge in [0.25, 0.3) is 0 Å². The van der Waals surface area contributed by atoms with E-state index in [1.807, 2.05) is 25.1 Å². The van der Waals surface area contributed by atoms with E-state index >= 15 is 0 Å².